The molecule has 1 aliphatic carbocycles. The molecule has 0 bridgehead atoms. The average Bonchev–Trinajstić information content (AvgIpc) is 2.61. The van der Waals surface area contributed by atoms with Gasteiger partial charge in [0.15, 0.2) is 0 Å². The first-order chi connectivity index (χ1) is 5.74. The minimum Gasteiger partial charge on any atom is -0.396 e. The Balaban J connectivity index is 1.97. The van der Waals surface area contributed by atoms with Crippen molar-refractivity contribution in [1.29, 1.82) is 0 Å². The summed E-state index contributed by atoms with van der Waals surface area (Å²) in [5.41, 5.74) is 0.599. The number of aliphatic hydroxyl groups is 1. The van der Waals surface area contributed by atoms with Gasteiger partial charge in [0.1, 0.15) is 0 Å². The zero-order valence-corrected chi connectivity index (χ0v) is 7.92. The van der Waals surface area contributed by atoms with E-state index in [4.69, 9.17) is 5.11 Å². The van der Waals surface area contributed by atoms with Crippen LogP contribution in [0.3, 0.4) is 0 Å². The standard InChI is InChI=1S/C10H19NO/c1-11-5-4-10(8-11)3-2-9(6-10)7-12/h9,12H,2-8H2,1H3/t9-,10-/m1/s1. The molecule has 1 heterocycles. The molecule has 1 saturated carbocycles. The number of rotatable bonds is 1. The van der Waals surface area contributed by atoms with E-state index in [0.717, 1.165) is 0 Å². The van der Waals surface area contributed by atoms with Crippen molar-refractivity contribution in [2.75, 3.05) is 26.7 Å². The minimum atomic E-state index is 0.408. The second-order valence-corrected chi connectivity index (χ2v) is 4.78. The van der Waals surface area contributed by atoms with E-state index in [1.807, 2.05) is 0 Å². The third kappa shape index (κ3) is 1.38. The van der Waals surface area contributed by atoms with E-state index in [-0.39, 0.29) is 0 Å². The molecule has 0 aromatic carbocycles. The zero-order chi connectivity index (χ0) is 8.60. The molecule has 0 aromatic heterocycles. The van der Waals surface area contributed by atoms with E-state index in [2.05, 4.69) is 11.9 Å². The molecular formula is C10H19NO. The lowest BCUT2D eigenvalue weighted by Crippen LogP contribution is -2.22. The Morgan fingerprint density at radius 3 is 2.83 bits per heavy atom. The fourth-order valence-electron chi connectivity index (χ4n) is 3.01. The van der Waals surface area contributed by atoms with Gasteiger partial charge in [-0.2, -0.15) is 0 Å². The maximum absolute atomic E-state index is 9.06. The van der Waals surface area contributed by atoms with Gasteiger partial charge in [-0.1, -0.05) is 0 Å². The molecule has 70 valence electrons. The molecule has 0 radical (unpaired) electrons. The lowest BCUT2D eigenvalue weighted by atomic mass is 9.84. The maximum Gasteiger partial charge on any atom is 0.0459 e. The third-order valence-corrected chi connectivity index (χ3v) is 3.69. The lowest BCUT2D eigenvalue weighted by Gasteiger charge is -2.22. The molecule has 2 nitrogen and oxygen atoms in total. The van der Waals surface area contributed by atoms with E-state index in [1.54, 1.807) is 0 Å². The summed E-state index contributed by atoms with van der Waals surface area (Å²) in [5.74, 6) is 0.608. The Morgan fingerprint density at radius 1 is 1.50 bits per heavy atom. The van der Waals surface area contributed by atoms with Crippen LogP contribution in [0, 0.1) is 11.3 Å². The summed E-state index contributed by atoms with van der Waals surface area (Å²) in [7, 11) is 2.21. The first kappa shape index (κ1) is 8.52. The SMILES string of the molecule is CN1CC[C@@]2(CC[C@@H](CO)C2)C1. The van der Waals surface area contributed by atoms with Crippen molar-refractivity contribution in [1.82, 2.24) is 4.90 Å². The highest BCUT2D eigenvalue weighted by molar-refractivity contribution is 4.95. The molecule has 1 saturated heterocycles. The van der Waals surface area contributed by atoms with E-state index < -0.39 is 0 Å². The maximum atomic E-state index is 9.06. The topological polar surface area (TPSA) is 23.5 Å². The third-order valence-electron chi connectivity index (χ3n) is 3.69. The van der Waals surface area contributed by atoms with Crippen LogP contribution in [0.5, 0.6) is 0 Å². The number of aliphatic hydroxyl groups excluding tert-OH is 1. The van der Waals surface area contributed by atoms with Crippen LogP contribution in [-0.2, 0) is 0 Å². The van der Waals surface area contributed by atoms with Crippen LogP contribution in [0.25, 0.3) is 0 Å². The highest BCUT2D eigenvalue weighted by Gasteiger charge is 2.42. The van der Waals surface area contributed by atoms with Crippen molar-refractivity contribution in [3.8, 4) is 0 Å². The van der Waals surface area contributed by atoms with Crippen LogP contribution < -0.4 is 0 Å². The van der Waals surface area contributed by atoms with Crippen LogP contribution in [0.2, 0.25) is 0 Å². The molecule has 0 aromatic rings. The summed E-state index contributed by atoms with van der Waals surface area (Å²) < 4.78 is 0. The quantitative estimate of drug-likeness (QED) is 0.635. The summed E-state index contributed by atoms with van der Waals surface area (Å²) in [5, 5.41) is 9.06. The van der Waals surface area contributed by atoms with Gasteiger partial charge in [0.25, 0.3) is 0 Å². The van der Waals surface area contributed by atoms with Crippen molar-refractivity contribution >= 4 is 0 Å². The molecule has 2 aliphatic rings. The Morgan fingerprint density at radius 2 is 2.33 bits per heavy atom. The molecule has 0 amide bonds. The second-order valence-electron chi connectivity index (χ2n) is 4.78. The Labute approximate surface area is 74.6 Å². The van der Waals surface area contributed by atoms with Crippen LogP contribution in [0.1, 0.15) is 25.7 Å². The van der Waals surface area contributed by atoms with Crippen LogP contribution in [-0.4, -0.2) is 36.8 Å². The van der Waals surface area contributed by atoms with Gasteiger partial charge in [0.2, 0.25) is 0 Å². The number of likely N-dealkylation sites (tertiary alicyclic amines) is 1. The summed E-state index contributed by atoms with van der Waals surface area (Å²) >= 11 is 0. The zero-order valence-electron chi connectivity index (χ0n) is 7.92. The van der Waals surface area contributed by atoms with Crippen LogP contribution in [0.4, 0.5) is 0 Å². The predicted molar refractivity (Wildman–Crippen MR) is 49.0 cm³/mol. The molecule has 2 rings (SSSR count). The van der Waals surface area contributed by atoms with Crippen LogP contribution in [0.15, 0.2) is 0 Å². The van der Waals surface area contributed by atoms with E-state index in [9.17, 15) is 0 Å². The fourth-order valence-corrected chi connectivity index (χ4v) is 3.01. The largest absolute Gasteiger partial charge is 0.396 e. The van der Waals surface area contributed by atoms with Gasteiger partial charge < -0.3 is 10.0 Å². The van der Waals surface area contributed by atoms with Crippen molar-refractivity contribution in [2.24, 2.45) is 11.3 Å². The van der Waals surface area contributed by atoms with Gasteiger partial charge in [-0.05, 0) is 50.6 Å². The van der Waals surface area contributed by atoms with Gasteiger partial charge >= 0.3 is 0 Å². The van der Waals surface area contributed by atoms with Gasteiger partial charge in [0.05, 0.1) is 0 Å². The summed E-state index contributed by atoms with van der Waals surface area (Å²) in [6.07, 6.45) is 5.24. The van der Waals surface area contributed by atoms with Gasteiger partial charge in [0, 0.05) is 13.2 Å². The number of hydrogen-bond acceptors (Lipinski definition) is 2. The number of hydrogen-bond donors (Lipinski definition) is 1. The molecule has 0 unspecified atom stereocenters. The first-order valence-corrected chi connectivity index (χ1v) is 5.03. The van der Waals surface area contributed by atoms with E-state index >= 15 is 0 Å². The first-order valence-electron chi connectivity index (χ1n) is 5.03. The highest BCUT2D eigenvalue weighted by Crippen LogP contribution is 2.47. The van der Waals surface area contributed by atoms with Gasteiger partial charge in [-0.25, -0.2) is 0 Å². The normalized spacial score (nSPS) is 43.0. The van der Waals surface area contributed by atoms with Gasteiger partial charge in [-0.15, -0.1) is 0 Å². The Bertz CT molecular complexity index is 171. The molecule has 12 heavy (non-hydrogen) atoms. The molecular weight excluding hydrogens is 150 g/mol. The van der Waals surface area contributed by atoms with Crippen molar-refractivity contribution in [3.05, 3.63) is 0 Å². The Kier molecular flexibility index (Phi) is 2.13. The summed E-state index contributed by atoms with van der Waals surface area (Å²) in [6.45, 7) is 2.94. The van der Waals surface area contributed by atoms with Crippen molar-refractivity contribution in [2.45, 2.75) is 25.7 Å². The Hall–Kier alpha value is -0.0800. The number of nitrogens with zero attached hydrogens (tertiary/aromatic N) is 1. The summed E-state index contributed by atoms with van der Waals surface area (Å²) in [6, 6.07) is 0. The van der Waals surface area contributed by atoms with Crippen molar-refractivity contribution in [3.63, 3.8) is 0 Å². The smallest absolute Gasteiger partial charge is 0.0459 e. The minimum absolute atomic E-state index is 0.408. The molecule has 1 N–H and O–H groups in total. The average molecular weight is 169 g/mol. The highest BCUT2D eigenvalue weighted by atomic mass is 16.3. The van der Waals surface area contributed by atoms with Gasteiger partial charge in [-0.3, -0.25) is 0 Å². The molecule has 1 aliphatic heterocycles. The van der Waals surface area contributed by atoms with E-state index in [1.165, 1.54) is 38.8 Å². The molecule has 2 fully saturated rings. The molecule has 2 atom stereocenters. The lowest BCUT2D eigenvalue weighted by molar-refractivity contribution is 0.208. The predicted octanol–water partition coefficient (Wildman–Crippen LogP) is 1.10. The fraction of sp³-hybridized carbons (Fsp3) is 1.00. The summed E-state index contributed by atoms with van der Waals surface area (Å²) in [4.78, 5) is 2.43. The molecule has 2 heteroatoms. The van der Waals surface area contributed by atoms with Crippen molar-refractivity contribution < 1.29 is 5.11 Å². The van der Waals surface area contributed by atoms with Crippen LogP contribution >= 0.6 is 0 Å². The monoisotopic (exact) mass is 169 g/mol. The second kappa shape index (κ2) is 3.00. The molecule has 1 spiro atoms. The van der Waals surface area contributed by atoms with E-state index in [0.29, 0.717) is 17.9 Å².